The van der Waals surface area contributed by atoms with E-state index in [4.69, 9.17) is 9.47 Å². The second kappa shape index (κ2) is 7.70. The van der Waals surface area contributed by atoms with Gasteiger partial charge in [0.05, 0.1) is 11.8 Å². The first kappa shape index (κ1) is 16.1. The van der Waals surface area contributed by atoms with Crippen LogP contribution in [0.4, 0.5) is 11.5 Å². The number of anilines is 2. The van der Waals surface area contributed by atoms with Crippen molar-refractivity contribution in [1.29, 1.82) is 0 Å². The molecule has 1 N–H and O–H groups in total. The number of pyridine rings is 2. The normalized spacial score (nSPS) is 15.9. The summed E-state index contributed by atoms with van der Waals surface area (Å²) in [5.41, 5.74) is 1.91. The molecule has 1 aliphatic heterocycles. The van der Waals surface area contributed by atoms with Gasteiger partial charge in [0.25, 0.3) is 0 Å². The number of hydrogen-bond donors (Lipinski definition) is 1. The molecule has 0 radical (unpaired) electrons. The van der Waals surface area contributed by atoms with Crippen LogP contribution in [-0.4, -0.2) is 9.97 Å². The maximum atomic E-state index is 6.01. The van der Waals surface area contributed by atoms with Crippen LogP contribution in [0.15, 0.2) is 79.3 Å². The van der Waals surface area contributed by atoms with Crippen LogP contribution < -0.4 is 10.1 Å². The summed E-state index contributed by atoms with van der Waals surface area (Å²) in [7, 11) is 0. The molecule has 1 aromatic carbocycles. The molecule has 0 bridgehead atoms. The van der Waals surface area contributed by atoms with E-state index in [9.17, 15) is 0 Å². The number of aromatic nitrogens is 2. The molecule has 0 amide bonds. The summed E-state index contributed by atoms with van der Waals surface area (Å²) in [6.07, 6.45) is 9.16. The maximum absolute atomic E-state index is 6.01. The fraction of sp³-hybridized carbons (Fsp3) is 0.143. The van der Waals surface area contributed by atoms with E-state index in [2.05, 4.69) is 15.3 Å². The second-order valence-corrected chi connectivity index (χ2v) is 5.94. The molecule has 3 heterocycles. The molecule has 1 atom stereocenters. The third-order valence-corrected chi connectivity index (χ3v) is 4.09. The number of rotatable bonds is 5. The van der Waals surface area contributed by atoms with E-state index < -0.39 is 0 Å². The van der Waals surface area contributed by atoms with E-state index in [1.807, 2.05) is 60.7 Å². The molecule has 1 aliphatic rings. The highest BCUT2D eigenvalue weighted by atomic mass is 16.5. The van der Waals surface area contributed by atoms with Gasteiger partial charge in [-0.25, -0.2) is 9.97 Å². The van der Waals surface area contributed by atoms with Gasteiger partial charge in [-0.1, -0.05) is 6.07 Å². The Balaban J connectivity index is 1.48. The van der Waals surface area contributed by atoms with Crippen LogP contribution in [0.5, 0.6) is 11.6 Å². The number of allylic oxidation sites excluding steroid dienone is 1. The Morgan fingerprint density at radius 2 is 1.85 bits per heavy atom. The molecule has 5 heteroatoms. The van der Waals surface area contributed by atoms with Crippen molar-refractivity contribution in [3.63, 3.8) is 0 Å². The molecule has 0 saturated heterocycles. The van der Waals surface area contributed by atoms with Crippen molar-refractivity contribution in [3.05, 3.63) is 84.9 Å². The fourth-order valence-corrected chi connectivity index (χ4v) is 2.80. The Kier molecular flexibility index (Phi) is 4.78. The second-order valence-electron chi connectivity index (χ2n) is 5.94. The van der Waals surface area contributed by atoms with Gasteiger partial charge in [-0.05, 0) is 67.4 Å². The van der Waals surface area contributed by atoms with Crippen molar-refractivity contribution in [2.75, 3.05) is 5.32 Å². The fourth-order valence-electron chi connectivity index (χ4n) is 2.80. The molecule has 0 spiro atoms. The van der Waals surface area contributed by atoms with Gasteiger partial charge in [0, 0.05) is 18.1 Å². The van der Waals surface area contributed by atoms with E-state index in [1.54, 1.807) is 18.7 Å². The van der Waals surface area contributed by atoms with Gasteiger partial charge in [-0.2, -0.15) is 0 Å². The summed E-state index contributed by atoms with van der Waals surface area (Å²) in [4.78, 5) is 8.64. The average Bonchev–Trinajstić information content (AvgIpc) is 2.71. The Morgan fingerprint density at radius 1 is 0.962 bits per heavy atom. The first-order chi connectivity index (χ1) is 12.9. The van der Waals surface area contributed by atoms with Gasteiger partial charge in [0.1, 0.15) is 17.7 Å². The van der Waals surface area contributed by atoms with E-state index in [-0.39, 0.29) is 6.10 Å². The summed E-state index contributed by atoms with van der Waals surface area (Å²) in [6.45, 7) is 0. The molecule has 3 aromatic rings. The molecule has 26 heavy (non-hydrogen) atoms. The zero-order chi connectivity index (χ0) is 17.6. The van der Waals surface area contributed by atoms with Crippen LogP contribution in [0, 0.1) is 0 Å². The Hall–Kier alpha value is -3.34. The number of nitrogens with zero attached hydrogens (tertiary/aromatic N) is 2. The molecule has 5 nitrogen and oxygen atoms in total. The van der Waals surface area contributed by atoms with Gasteiger partial charge in [0.15, 0.2) is 0 Å². The summed E-state index contributed by atoms with van der Waals surface area (Å²) in [5.74, 6) is 2.11. The lowest BCUT2D eigenvalue weighted by molar-refractivity contribution is 0.122. The highest BCUT2D eigenvalue weighted by Crippen LogP contribution is 2.34. The average molecular weight is 345 g/mol. The lowest BCUT2D eigenvalue weighted by atomic mass is 10.0. The van der Waals surface area contributed by atoms with E-state index in [0.29, 0.717) is 5.88 Å². The van der Waals surface area contributed by atoms with Gasteiger partial charge < -0.3 is 14.8 Å². The third-order valence-electron chi connectivity index (χ3n) is 4.09. The van der Waals surface area contributed by atoms with Crippen molar-refractivity contribution >= 4 is 11.5 Å². The molecule has 130 valence electrons. The summed E-state index contributed by atoms with van der Waals surface area (Å²) >= 11 is 0. The molecule has 1 unspecified atom stereocenters. The Labute approximate surface area is 152 Å². The molecule has 4 rings (SSSR count). The molecular weight excluding hydrogens is 326 g/mol. The van der Waals surface area contributed by atoms with Crippen LogP contribution in [0.2, 0.25) is 0 Å². The van der Waals surface area contributed by atoms with Gasteiger partial charge in [-0.3, -0.25) is 0 Å². The first-order valence-electron chi connectivity index (χ1n) is 8.60. The highest BCUT2D eigenvalue weighted by Gasteiger charge is 2.19. The van der Waals surface area contributed by atoms with E-state index in [0.717, 1.165) is 35.7 Å². The smallest absolute Gasteiger partial charge is 0.226 e. The van der Waals surface area contributed by atoms with Crippen LogP contribution in [0.3, 0.4) is 0 Å². The van der Waals surface area contributed by atoms with Crippen LogP contribution in [0.1, 0.15) is 24.5 Å². The zero-order valence-corrected chi connectivity index (χ0v) is 14.2. The standard InChI is InChI=1S/C21H19N3O2/c1-3-13-22-20(8-1)24-16-9-11-17(12-10-16)26-21-18(6-5-14-23-21)19-7-2-4-15-25-19/h1,3-6,8-15,19H,2,7H2,(H,22,24). The van der Waals surface area contributed by atoms with Crippen molar-refractivity contribution in [2.24, 2.45) is 0 Å². The topological polar surface area (TPSA) is 56.3 Å². The molecule has 2 aromatic heterocycles. The van der Waals surface area contributed by atoms with Crippen molar-refractivity contribution < 1.29 is 9.47 Å². The van der Waals surface area contributed by atoms with E-state index >= 15 is 0 Å². The largest absolute Gasteiger partial charge is 0.493 e. The number of nitrogens with one attached hydrogen (secondary N) is 1. The van der Waals surface area contributed by atoms with Gasteiger partial charge in [-0.15, -0.1) is 0 Å². The maximum Gasteiger partial charge on any atom is 0.226 e. The Morgan fingerprint density at radius 3 is 2.62 bits per heavy atom. The molecule has 0 aliphatic carbocycles. The zero-order valence-electron chi connectivity index (χ0n) is 14.2. The van der Waals surface area contributed by atoms with Crippen molar-refractivity contribution in [3.8, 4) is 11.6 Å². The molecular formula is C21H19N3O2. The van der Waals surface area contributed by atoms with Crippen molar-refractivity contribution in [1.82, 2.24) is 9.97 Å². The minimum absolute atomic E-state index is 0.0196. The monoisotopic (exact) mass is 345 g/mol. The lowest BCUT2D eigenvalue weighted by Crippen LogP contribution is -2.06. The van der Waals surface area contributed by atoms with Crippen molar-refractivity contribution in [2.45, 2.75) is 18.9 Å². The lowest BCUT2D eigenvalue weighted by Gasteiger charge is -2.21. The number of benzene rings is 1. The molecule has 0 saturated carbocycles. The first-order valence-corrected chi connectivity index (χ1v) is 8.60. The minimum Gasteiger partial charge on any atom is -0.493 e. The Bertz CT molecular complexity index is 879. The summed E-state index contributed by atoms with van der Waals surface area (Å²) in [6, 6.07) is 17.4. The summed E-state index contributed by atoms with van der Waals surface area (Å²) < 4.78 is 11.7. The van der Waals surface area contributed by atoms with Gasteiger partial charge >= 0.3 is 0 Å². The predicted molar refractivity (Wildman–Crippen MR) is 100 cm³/mol. The SMILES string of the molecule is C1=COC(c2cccnc2Oc2ccc(Nc3ccccn3)cc2)CC1. The predicted octanol–water partition coefficient (Wildman–Crippen LogP) is 5.38. The molecule has 0 fully saturated rings. The highest BCUT2D eigenvalue weighted by molar-refractivity contribution is 5.57. The quantitative estimate of drug-likeness (QED) is 0.673. The van der Waals surface area contributed by atoms with E-state index in [1.165, 1.54) is 0 Å². The third kappa shape index (κ3) is 3.83. The van der Waals surface area contributed by atoms with Crippen LogP contribution >= 0.6 is 0 Å². The van der Waals surface area contributed by atoms with Crippen LogP contribution in [-0.2, 0) is 4.74 Å². The van der Waals surface area contributed by atoms with Gasteiger partial charge in [0.2, 0.25) is 5.88 Å². The number of ether oxygens (including phenoxy) is 2. The van der Waals surface area contributed by atoms with Crippen LogP contribution in [0.25, 0.3) is 0 Å². The summed E-state index contributed by atoms with van der Waals surface area (Å²) in [5, 5.41) is 3.25. The number of hydrogen-bond acceptors (Lipinski definition) is 5. The minimum atomic E-state index is -0.0196.